The summed E-state index contributed by atoms with van der Waals surface area (Å²) in [7, 11) is 0. The Labute approximate surface area is 108 Å². The fraction of sp³-hybridized carbons (Fsp3) is 0.250. The Morgan fingerprint density at radius 3 is 2.56 bits per heavy atom. The first kappa shape index (κ1) is 12.6. The molecule has 1 heterocycles. The predicted octanol–water partition coefficient (Wildman–Crippen LogP) is 3.31. The lowest BCUT2D eigenvalue weighted by atomic mass is 10.0. The first-order valence-corrected chi connectivity index (χ1v) is 6.19. The molecule has 1 radical (unpaired) electrons. The third kappa shape index (κ3) is 2.70. The van der Waals surface area contributed by atoms with Crippen LogP contribution in [0.25, 0.3) is 11.3 Å². The summed E-state index contributed by atoms with van der Waals surface area (Å²) in [6.45, 7) is 8.01. The number of aryl methyl sites for hydroxylation is 1. The molecule has 0 fully saturated rings. The summed E-state index contributed by atoms with van der Waals surface area (Å²) >= 11 is 0. The second-order valence-corrected chi connectivity index (χ2v) is 4.87. The first-order chi connectivity index (χ1) is 8.58. The van der Waals surface area contributed by atoms with Gasteiger partial charge in [0, 0.05) is 11.6 Å². The Bertz CT molecular complexity index is 547. The lowest BCUT2D eigenvalue weighted by Gasteiger charge is -2.09. The molecular weight excluding hydrogens is 222 g/mol. The molecule has 2 aromatic rings. The van der Waals surface area contributed by atoms with E-state index in [4.69, 9.17) is 0 Å². The highest BCUT2D eigenvalue weighted by molar-refractivity contribution is 5.60. The van der Waals surface area contributed by atoms with Crippen LogP contribution in [-0.2, 0) is 6.42 Å². The molecule has 2 nitrogen and oxygen atoms in total. The summed E-state index contributed by atoms with van der Waals surface area (Å²) in [6, 6.07) is 11.8. The number of pyridine rings is 1. The summed E-state index contributed by atoms with van der Waals surface area (Å²) in [5.41, 5.74) is 3.83. The molecule has 0 aliphatic rings. The van der Waals surface area contributed by atoms with Gasteiger partial charge in [0.15, 0.2) is 6.20 Å². The quantitative estimate of drug-likeness (QED) is 0.597. The van der Waals surface area contributed by atoms with E-state index in [2.05, 4.69) is 6.92 Å². The predicted molar refractivity (Wildman–Crippen MR) is 73.8 cm³/mol. The van der Waals surface area contributed by atoms with Gasteiger partial charge in [-0.1, -0.05) is 32.0 Å². The molecule has 1 aromatic carbocycles. The monoisotopic (exact) mass is 240 g/mol. The highest BCUT2D eigenvalue weighted by Gasteiger charge is 2.12. The maximum Gasteiger partial charge on any atom is 0.224 e. The second-order valence-electron chi connectivity index (χ2n) is 4.87. The van der Waals surface area contributed by atoms with Crippen LogP contribution in [-0.4, -0.2) is 0 Å². The molecule has 2 rings (SSSR count). The van der Waals surface area contributed by atoms with E-state index in [1.54, 1.807) is 6.20 Å². The van der Waals surface area contributed by atoms with E-state index in [-0.39, 0.29) is 0 Å². The average molecular weight is 240 g/mol. The lowest BCUT2D eigenvalue weighted by molar-refractivity contribution is -0.594. The molecule has 0 N–H and O–H groups in total. The zero-order valence-electron chi connectivity index (χ0n) is 10.9. The zero-order chi connectivity index (χ0) is 13.1. The third-order valence-electron chi connectivity index (χ3n) is 2.98. The Kier molecular flexibility index (Phi) is 3.66. The van der Waals surface area contributed by atoms with Crippen molar-refractivity contribution in [1.29, 1.82) is 0 Å². The van der Waals surface area contributed by atoms with E-state index >= 15 is 0 Å². The van der Waals surface area contributed by atoms with Gasteiger partial charge in [-0.05, 0) is 37.0 Å². The van der Waals surface area contributed by atoms with Gasteiger partial charge in [0.1, 0.15) is 0 Å². The Morgan fingerprint density at radius 2 is 1.94 bits per heavy atom. The van der Waals surface area contributed by atoms with Gasteiger partial charge in [-0.15, -0.1) is 0 Å². The Morgan fingerprint density at radius 1 is 1.22 bits per heavy atom. The van der Waals surface area contributed by atoms with Crippen LogP contribution in [0.15, 0.2) is 42.6 Å². The van der Waals surface area contributed by atoms with Crippen molar-refractivity contribution >= 4 is 0 Å². The van der Waals surface area contributed by atoms with E-state index in [1.165, 1.54) is 0 Å². The van der Waals surface area contributed by atoms with Crippen molar-refractivity contribution in [3.05, 3.63) is 65.9 Å². The lowest BCUT2D eigenvalue weighted by Crippen LogP contribution is -2.29. The van der Waals surface area contributed by atoms with Gasteiger partial charge in [-0.2, -0.15) is 4.73 Å². The molecule has 0 unspecified atom stereocenters. The number of nitrogens with zero attached hydrogens (tertiary/aromatic N) is 1. The smallest absolute Gasteiger partial charge is 0.224 e. The molecule has 2 heteroatoms. The molecule has 1 aromatic heterocycles. The normalized spacial score (nSPS) is 10.9. The summed E-state index contributed by atoms with van der Waals surface area (Å²) in [5, 5.41) is 12.1. The number of benzene rings is 1. The number of aromatic nitrogens is 1. The van der Waals surface area contributed by atoms with Crippen LogP contribution in [0.3, 0.4) is 0 Å². The van der Waals surface area contributed by atoms with Crippen molar-refractivity contribution in [3.8, 4) is 11.3 Å². The average Bonchev–Trinajstić information content (AvgIpc) is 2.30. The molecule has 0 amide bonds. The number of rotatable bonds is 3. The molecule has 0 saturated heterocycles. The number of hydrogen-bond donors (Lipinski definition) is 0. The van der Waals surface area contributed by atoms with E-state index in [0.29, 0.717) is 11.6 Å². The van der Waals surface area contributed by atoms with Crippen LogP contribution in [0, 0.1) is 25.0 Å². The van der Waals surface area contributed by atoms with Crippen LogP contribution >= 0.6 is 0 Å². The number of hydrogen-bond acceptors (Lipinski definition) is 1. The Hall–Kier alpha value is -1.83. The minimum Gasteiger partial charge on any atom is -0.618 e. The van der Waals surface area contributed by atoms with E-state index in [0.717, 1.165) is 27.8 Å². The summed E-state index contributed by atoms with van der Waals surface area (Å²) in [4.78, 5) is 0. The van der Waals surface area contributed by atoms with Crippen molar-refractivity contribution in [2.45, 2.75) is 20.3 Å². The molecule has 18 heavy (non-hydrogen) atoms. The topological polar surface area (TPSA) is 26.9 Å². The SMILES string of the molecule is [CH2][C@@H](C)Cc1ccc(-c2ccccc2C)[n+]([O-])c1. The Balaban J connectivity index is 2.39. The van der Waals surface area contributed by atoms with Crippen molar-refractivity contribution in [1.82, 2.24) is 0 Å². The molecule has 0 bridgehead atoms. The molecule has 0 saturated carbocycles. The third-order valence-corrected chi connectivity index (χ3v) is 2.98. The molecule has 0 spiro atoms. The first-order valence-electron chi connectivity index (χ1n) is 6.19. The fourth-order valence-corrected chi connectivity index (χ4v) is 2.11. The second kappa shape index (κ2) is 5.21. The van der Waals surface area contributed by atoms with Gasteiger partial charge in [-0.25, -0.2) is 0 Å². The minimum atomic E-state index is 0.314. The van der Waals surface area contributed by atoms with Crippen LogP contribution in [0.2, 0.25) is 0 Å². The zero-order valence-corrected chi connectivity index (χ0v) is 10.9. The molecule has 0 aliphatic carbocycles. The summed E-state index contributed by atoms with van der Waals surface area (Å²) in [6.07, 6.45) is 2.49. The van der Waals surface area contributed by atoms with Crippen molar-refractivity contribution < 1.29 is 4.73 Å². The molecule has 1 atom stereocenters. The van der Waals surface area contributed by atoms with E-state index in [9.17, 15) is 5.21 Å². The largest absolute Gasteiger partial charge is 0.618 e. The van der Waals surface area contributed by atoms with Crippen molar-refractivity contribution in [3.63, 3.8) is 0 Å². The van der Waals surface area contributed by atoms with Crippen LogP contribution in [0.4, 0.5) is 0 Å². The maximum atomic E-state index is 12.1. The van der Waals surface area contributed by atoms with Crippen molar-refractivity contribution in [2.75, 3.05) is 0 Å². The standard InChI is InChI=1S/C16H18NO/c1-12(2)10-14-8-9-16(17(18)11-14)15-7-5-4-6-13(15)3/h4-9,11-12H,1,10H2,2-3H3/t12-/m0/s1. The van der Waals surface area contributed by atoms with Crippen LogP contribution < -0.4 is 4.73 Å². The molecule has 0 aliphatic heterocycles. The molecular formula is C16H18NO. The van der Waals surface area contributed by atoms with Gasteiger partial charge in [0.25, 0.3) is 0 Å². The fourth-order valence-electron chi connectivity index (χ4n) is 2.11. The minimum absolute atomic E-state index is 0.314. The van der Waals surface area contributed by atoms with Crippen LogP contribution in [0.5, 0.6) is 0 Å². The van der Waals surface area contributed by atoms with Crippen LogP contribution in [0.1, 0.15) is 18.1 Å². The highest BCUT2D eigenvalue weighted by Crippen LogP contribution is 2.20. The summed E-state index contributed by atoms with van der Waals surface area (Å²) in [5.74, 6) is 0.314. The highest BCUT2D eigenvalue weighted by atomic mass is 16.5. The van der Waals surface area contributed by atoms with Gasteiger partial charge >= 0.3 is 0 Å². The maximum absolute atomic E-state index is 12.1. The van der Waals surface area contributed by atoms with Crippen molar-refractivity contribution in [2.24, 2.45) is 5.92 Å². The van der Waals surface area contributed by atoms with Gasteiger partial charge < -0.3 is 5.21 Å². The molecule has 93 valence electrons. The van der Waals surface area contributed by atoms with Gasteiger partial charge in [0.2, 0.25) is 5.69 Å². The van der Waals surface area contributed by atoms with Gasteiger partial charge in [0.05, 0.1) is 5.56 Å². The van der Waals surface area contributed by atoms with E-state index < -0.39 is 0 Å². The van der Waals surface area contributed by atoms with Gasteiger partial charge in [-0.3, -0.25) is 0 Å². The summed E-state index contributed by atoms with van der Waals surface area (Å²) < 4.78 is 0.958. The van der Waals surface area contributed by atoms with E-state index in [1.807, 2.05) is 50.2 Å².